The van der Waals surface area contributed by atoms with Gasteiger partial charge in [0.15, 0.2) is 11.6 Å². The number of carbonyl (C=O) groups excluding carboxylic acids is 1. The van der Waals surface area contributed by atoms with Crippen molar-refractivity contribution in [3.05, 3.63) is 86.9 Å². The summed E-state index contributed by atoms with van der Waals surface area (Å²) in [6.07, 6.45) is 0.565. The first-order valence-electron chi connectivity index (χ1n) is 10.00. The fourth-order valence-corrected chi connectivity index (χ4v) is 4.17. The third-order valence-electron chi connectivity index (χ3n) is 5.32. The Labute approximate surface area is 194 Å². The molecule has 0 radical (unpaired) electrons. The first-order valence-corrected chi connectivity index (χ1v) is 10.8. The summed E-state index contributed by atoms with van der Waals surface area (Å²) < 4.78 is 41.4. The summed E-state index contributed by atoms with van der Waals surface area (Å²) >= 11 is 3.23. The first-order chi connectivity index (χ1) is 15.4. The van der Waals surface area contributed by atoms with Crippen molar-refractivity contribution < 1.29 is 23.0 Å². The van der Waals surface area contributed by atoms with E-state index in [0.717, 1.165) is 11.1 Å². The molecule has 7 heteroatoms. The molecule has 0 saturated heterocycles. The molecule has 3 rings (SSSR count). The van der Waals surface area contributed by atoms with E-state index in [1.54, 1.807) is 26.0 Å². The number of benzene rings is 3. The minimum atomic E-state index is -0.730. The van der Waals surface area contributed by atoms with Gasteiger partial charge in [-0.15, -0.1) is 0 Å². The van der Waals surface area contributed by atoms with E-state index in [-0.39, 0.29) is 35.2 Å². The highest BCUT2D eigenvalue weighted by atomic mass is 79.9. The average molecular weight is 504 g/mol. The van der Waals surface area contributed by atoms with Gasteiger partial charge in [0.2, 0.25) is 0 Å². The van der Waals surface area contributed by atoms with Crippen LogP contribution in [-0.4, -0.2) is 20.5 Å². The van der Waals surface area contributed by atoms with Crippen molar-refractivity contribution in [2.45, 2.75) is 26.4 Å². The van der Waals surface area contributed by atoms with Crippen LogP contribution in [0.1, 0.15) is 22.3 Å². The van der Waals surface area contributed by atoms with E-state index in [4.69, 9.17) is 9.47 Å². The van der Waals surface area contributed by atoms with Crippen LogP contribution in [0, 0.1) is 18.6 Å². The van der Waals surface area contributed by atoms with Gasteiger partial charge < -0.3 is 19.2 Å². The fraction of sp³-hybridized carbons (Fsp3) is 0.240. The van der Waals surface area contributed by atoms with Crippen LogP contribution < -0.4 is 14.4 Å². The summed E-state index contributed by atoms with van der Waals surface area (Å²) in [4.78, 5) is 12.7. The summed E-state index contributed by atoms with van der Waals surface area (Å²) in [7, 11) is 3.16. The number of anilines is 1. The second kappa shape index (κ2) is 10.6. The van der Waals surface area contributed by atoms with Crippen LogP contribution in [0.2, 0.25) is 0 Å². The van der Waals surface area contributed by atoms with Gasteiger partial charge in [-0.2, -0.15) is 0 Å². The Kier molecular flexibility index (Phi) is 7.85. The topological polar surface area (TPSA) is 38.8 Å². The van der Waals surface area contributed by atoms with Crippen molar-refractivity contribution >= 4 is 27.9 Å². The van der Waals surface area contributed by atoms with E-state index in [1.165, 1.54) is 0 Å². The number of hydrogen-bond donors (Lipinski definition) is 0. The number of carbonyl (C=O) groups is 1. The van der Waals surface area contributed by atoms with Gasteiger partial charge in [-0.25, -0.2) is 8.78 Å². The van der Waals surface area contributed by atoms with Gasteiger partial charge in [-0.1, -0.05) is 24.3 Å². The molecular formula is C25H24BrF2NO3. The molecular weight excluding hydrogens is 480 g/mol. The zero-order chi connectivity index (χ0) is 23.3. The molecule has 0 saturated carbocycles. The lowest BCUT2D eigenvalue weighted by Gasteiger charge is -2.28. The van der Waals surface area contributed by atoms with Crippen molar-refractivity contribution in [2.24, 2.45) is 0 Å². The Morgan fingerprint density at radius 1 is 0.875 bits per heavy atom. The maximum Gasteiger partial charge on any atom is 0.164 e. The second-order valence-corrected chi connectivity index (χ2v) is 8.11. The molecule has 4 nitrogen and oxygen atoms in total. The van der Waals surface area contributed by atoms with Crippen molar-refractivity contribution in [3.63, 3.8) is 0 Å². The summed E-state index contributed by atoms with van der Waals surface area (Å²) in [5.41, 5.74) is 2.14. The van der Waals surface area contributed by atoms with E-state index in [1.807, 2.05) is 48.5 Å². The van der Waals surface area contributed by atoms with Gasteiger partial charge in [-0.05, 0) is 69.4 Å². The summed E-state index contributed by atoms with van der Waals surface area (Å²) in [6.45, 7) is 2.09. The number of halogens is 3. The van der Waals surface area contributed by atoms with Crippen LogP contribution in [0.4, 0.5) is 14.5 Å². The lowest BCUT2D eigenvalue weighted by molar-refractivity contribution is -0.107. The number of aldehydes is 1. The molecule has 0 bridgehead atoms. The molecule has 0 unspecified atom stereocenters. The Balaban J connectivity index is 2.07. The minimum absolute atomic E-state index is 0.0719. The molecule has 0 aliphatic carbocycles. The number of ether oxygens (including phenoxy) is 2. The molecule has 3 aromatic rings. The summed E-state index contributed by atoms with van der Waals surface area (Å²) in [6, 6.07) is 14.7. The number of hydrogen-bond acceptors (Lipinski definition) is 4. The smallest absolute Gasteiger partial charge is 0.164 e. The van der Waals surface area contributed by atoms with E-state index in [9.17, 15) is 4.79 Å². The predicted octanol–water partition coefficient (Wildman–Crippen LogP) is 6.00. The monoisotopic (exact) mass is 503 g/mol. The number of methoxy groups -OCH3 is 2. The molecule has 0 aliphatic heterocycles. The first kappa shape index (κ1) is 23.7. The predicted molar refractivity (Wildman–Crippen MR) is 124 cm³/mol. The average Bonchev–Trinajstić information content (AvgIpc) is 2.81. The molecule has 0 amide bonds. The molecule has 32 heavy (non-hydrogen) atoms. The molecule has 0 aromatic heterocycles. The van der Waals surface area contributed by atoms with Crippen LogP contribution in [0.15, 0.2) is 53.0 Å². The van der Waals surface area contributed by atoms with Crippen LogP contribution in [0.3, 0.4) is 0 Å². The third kappa shape index (κ3) is 5.10. The summed E-state index contributed by atoms with van der Waals surface area (Å²) in [5, 5.41) is 0. The van der Waals surface area contributed by atoms with Gasteiger partial charge in [-0.3, -0.25) is 0 Å². The van der Waals surface area contributed by atoms with Gasteiger partial charge in [0.25, 0.3) is 0 Å². The zero-order valence-corrected chi connectivity index (χ0v) is 19.7. The standard InChI is InChI=1S/C25H24BrF2NO3/c1-16-21(12-13-30)22(26)24(28)25(23(16)27)29(14-17-4-8-19(31-2)9-5-17)15-18-6-10-20(32-3)11-7-18/h4-11,13H,12,14-15H2,1-3H3. The number of nitrogens with zero attached hydrogens (tertiary/aromatic N) is 1. The Bertz CT molecular complexity index is 1010. The van der Waals surface area contributed by atoms with Gasteiger partial charge >= 0.3 is 0 Å². The Hall–Kier alpha value is -2.93. The van der Waals surface area contributed by atoms with Gasteiger partial charge in [0.05, 0.1) is 18.7 Å². The second-order valence-electron chi connectivity index (χ2n) is 7.32. The van der Waals surface area contributed by atoms with Crippen molar-refractivity contribution in [1.82, 2.24) is 0 Å². The van der Waals surface area contributed by atoms with Gasteiger partial charge in [0.1, 0.15) is 23.5 Å². The van der Waals surface area contributed by atoms with E-state index in [0.29, 0.717) is 23.3 Å². The highest BCUT2D eigenvalue weighted by molar-refractivity contribution is 9.10. The van der Waals surface area contributed by atoms with E-state index >= 15 is 8.78 Å². The maximum atomic E-state index is 15.5. The molecule has 0 N–H and O–H groups in total. The molecule has 0 heterocycles. The highest BCUT2D eigenvalue weighted by Crippen LogP contribution is 2.37. The third-order valence-corrected chi connectivity index (χ3v) is 6.15. The van der Waals surface area contributed by atoms with Crippen LogP contribution in [0.5, 0.6) is 11.5 Å². The quantitative estimate of drug-likeness (QED) is 0.265. The minimum Gasteiger partial charge on any atom is -0.497 e. The van der Waals surface area contributed by atoms with Gasteiger partial charge in [0, 0.05) is 19.5 Å². The van der Waals surface area contributed by atoms with E-state index < -0.39 is 11.6 Å². The highest BCUT2D eigenvalue weighted by Gasteiger charge is 2.25. The maximum absolute atomic E-state index is 15.5. The SMILES string of the molecule is COc1ccc(CN(Cc2ccc(OC)cc2)c2c(F)c(C)c(CC=O)c(Br)c2F)cc1. The van der Waals surface area contributed by atoms with Crippen molar-refractivity contribution in [2.75, 3.05) is 19.1 Å². The van der Waals surface area contributed by atoms with Crippen molar-refractivity contribution in [1.29, 1.82) is 0 Å². The lowest BCUT2D eigenvalue weighted by Crippen LogP contribution is -2.25. The van der Waals surface area contributed by atoms with Crippen LogP contribution in [-0.2, 0) is 24.3 Å². The number of rotatable bonds is 9. The van der Waals surface area contributed by atoms with Crippen LogP contribution >= 0.6 is 15.9 Å². The van der Waals surface area contributed by atoms with Crippen LogP contribution in [0.25, 0.3) is 0 Å². The normalized spacial score (nSPS) is 10.7. The molecule has 168 valence electrons. The van der Waals surface area contributed by atoms with Crippen molar-refractivity contribution in [3.8, 4) is 11.5 Å². The largest absolute Gasteiger partial charge is 0.497 e. The molecule has 0 atom stereocenters. The van der Waals surface area contributed by atoms with E-state index in [2.05, 4.69) is 15.9 Å². The molecule has 0 fully saturated rings. The summed E-state index contributed by atoms with van der Waals surface area (Å²) in [5.74, 6) is -0.00853. The fourth-order valence-electron chi connectivity index (χ4n) is 3.53. The Morgan fingerprint density at radius 3 is 1.75 bits per heavy atom. The zero-order valence-electron chi connectivity index (χ0n) is 18.1. The molecule has 0 spiro atoms. The molecule has 0 aliphatic rings. The Morgan fingerprint density at radius 2 is 1.34 bits per heavy atom. The lowest BCUT2D eigenvalue weighted by atomic mass is 10.0. The molecule has 3 aromatic carbocycles.